The van der Waals surface area contributed by atoms with Gasteiger partial charge in [-0.2, -0.15) is 0 Å². The summed E-state index contributed by atoms with van der Waals surface area (Å²) in [5.41, 5.74) is 0.261. The molecular weight excluding hydrogens is 678 g/mol. The summed E-state index contributed by atoms with van der Waals surface area (Å²) in [6.45, 7) is 10.6. The summed E-state index contributed by atoms with van der Waals surface area (Å²) in [7, 11) is -2.49. The number of carbonyl (C=O) groups is 7. The monoisotopic (exact) mass is 719 g/mol. The van der Waals surface area contributed by atoms with E-state index in [1.807, 2.05) is 19.6 Å². The smallest absolute Gasteiger partial charge is 0.303 e. The fraction of sp³-hybridized carbons (Fsp3) is 0.545. The summed E-state index contributed by atoms with van der Waals surface area (Å²) in [6, 6.07) is 8.13. The molecule has 0 spiro atoms. The van der Waals surface area contributed by atoms with E-state index in [-0.39, 0.29) is 11.4 Å². The molecule has 4 rings (SSSR count). The van der Waals surface area contributed by atoms with Crippen molar-refractivity contribution in [1.29, 1.82) is 0 Å². The molecule has 2 aliphatic heterocycles. The Labute approximate surface area is 289 Å². The lowest BCUT2D eigenvalue weighted by atomic mass is 9.79. The second-order valence-electron chi connectivity index (χ2n) is 12.9. The first-order valence-electron chi connectivity index (χ1n) is 15.8. The van der Waals surface area contributed by atoms with Crippen LogP contribution in [-0.4, -0.2) is 99.5 Å². The largest absolute Gasteiger partial charge is 0.545 e. The normalized spacial score (nSPS) is 29.2. The molecule has 16 nitrogen and oxygen atoms in total. The molecule has 0 N–H and O–H groups in total. The zero-order valence-electron chi connectivity index (χ0n) is 28.9. The van der Waals surface area contributed by atoms with E-state index in [4.69, 9.17) is 37.6 Å². The van der Waals surface area contributed by atoms with Gasteiger partial charge in [-0.25, -0.2) is 4.90 Å². The van der Waals surface area contributed by atoms with E-state index in [1.54, 1.807) is 30.3 Å². The van der Waals surface area contributed by atoms with Crippen LogP contribution in [0.2, 0.25) is 19.6 Å². The van der Waals surface area contributed by atoms with Crippen molar-refractivity contribution in [1.82, 2.24) is 0 Å². The van der Waals surface area contributed by atoms with Crippen LogP contribution in [0.1, 0.15) is 34.6 Å². The van der Waals surface area contributed by atoms with E-state index in [1.165, 1.54) is 6.08 Å². The van der Waals surface area contributed by atoms with E-state index in [0.29, 0.717) is 0 Å². The van der Waals surface area contributed by atoms with E-state index < -0.39 is 111 Å². The minimum Gasteiger partial charge on any atom is -0.545 e. The van der Waals surface area contributed by atoms with Crippen molar-refractivity contribution >= 4 is 55.7 Å². The Kier molecular flexibility index (Phi) is 11.9. The molecule has 1 aliphatic carbocycles. The lowest BCUT2D eigenvalue weighted by Crippen LogP contribution is -2.63. The maximum atomic E-state index is 14.2. The van der Waals surface area contributed by atoms with Crippen molar-refractivity contribution < 1.29 is 71.1 Å². The number of nitrogens with zero attached hydrogens (tertiary/aromatic N) is 1. The molecule has 17 heteroatoms. The molecule has 9 atom stereocenters. The fourth-order valence-corrected chi connectivity index (χ4v) is 6.97. The first-order valence-corrected chi connectivity index (χ1v) is 19.3. The highest BCUT2D eigenvalue weighted by Gasteiger charge is 2.61. The number of rotatable bonds is 11. The van der Waals surface area contributed by atoms with Gasteiger partial charge in [-0.3, -0.25) is 33.6 Å². The van der Waals surface area contributed by atoms with Gasteiger partial charge in [0.05, 0.1) is 23.6 Å². The van der Waals surface area contributed by atoms with Gasteiger partial charge >= 0.3 is 29.8 Å². The third-order valence-electron chi connectivity index (χ3n) is 7.66. The van der Waals surface area contributed by atoms with Gasteiger partial charge in [-0.15, -0.1) is 0 Å². The number of anilines is 1. The van der Waals surface area contributed by atoms with Gasteiger partial charge < -0.3 is 37.6 Å². The molecule has 0 unspecified atom stereocenters. The summed E-state index contributed by atoms with van der Waals surface area (Å²) in [4.78, 5) is 90.4. The van der Waals surface area contributed by atoms with Crippen LogP contribution in [0.15, 0.2) is 42.2 Å². The van der Waals surface area contributed by atoms with Crippen molar-refractivity contribution in [2.24, 2.45) is 11.8 Å². The summed E-state index contributed by atoms with van der Waals surface area (Å²) in [5.74, 6) is -7.92. The van der Waals surface area contributed by atoms with Crippen LogP contribution in [0.5, 0.6) is 0 Å². The molecule has 3 aliphatic rings. The molecule has 272 valence electrons. The van der Waals surface area contributed by atoms with Gasteiger partial charge in [0.2, 0.25) is 20.1 Å². The number of hydrogen-bond acceptors (Lipinski definition) is 15. The van der Waals surface area contributed by atoms with Crippen LogP contribution in [-0.2, 0) is 71.1 Å². The van der Waals surface area contributed by atoms with Gasteiger partial charge in [0, 0.05) is 34.6 Å². The minimum absolute atomic E-state index is 0.0623. The van der Waals surface area contributed by atoms with Crippen molar-refractivity contribution in [2.45, 2.75) is 97.2 Å². The summed E-state index contributed by atoms with van der Waals surface area (Å²) < 4.78 is 46.1. The lowest BCUT2D eigenvalue weighted by molar-refractivity contribution is -0.317. The Hall–Kier alpha value is -4.61. The average Bonchev–Trinajstić information content (AvgIpc) is 3.25. The van der Waals surface area contributed by atoms with Crippen molar-refractivity contribution in [3.8, 4) is 0 Å². The Morgan fingerprint density at radius 3 is 1.80 bits per heavy atom. The van der Waals surface area contributed by atoms with E-state index in [2.05, 4.69) is 0 Å². The molecule has 2 heterocycles. The first-order chi connectivity index (χ1) is 23.4. The molecule has 2 saturated heterocycles. The van der Waals surface area contributed by atoms with Gasteiger partial charge in [0.15, 0.2) is 30.7 Å². The lowest BCUT2D eigenvalue weighted by Gasteiger charge is -2.45. The maximum absolute atomic E-state index is 14.2. The summed E-state index contributed by atoms with van der Waals surface area (Å²) in [6.07, 6.45) is -8.86. The Balaban J connectivity index is 1.86. The predicted octanol–water partition coefficient (Wildman–Crippen LogP) is 1.94. The second-order valence-corrected chi connectivity index (χ2v) is 17.3. The predicted molar refractivity (Wildman–Crippen MR) is 171 cm³/mol. The molecule has 2 amide bonds. The number of hydrogen-bond donors (Lipinski definition) is 0. The fourth-order valence-electron chi connectivity index (χ4n) is 6.08. The van der Waals surface area contributed by atoms with E-state index in [9.17, 15) is 33.6 Å². The van der Waals surface area contributed by atoms with Crippen LogP contribution >= 0.6 is 0 Å². The van der Waals surface area contributed by atoms with Crippen LogP contribution in [0.25, 0.3) is 0 Å². The maximum Gasteiger partial charge on any atom is 0.303 e. The van der Waals surface area contributed by atoms with Crippen molar-refractivity contribution in [3.05, 3.63) is 42.2 Å². The van der Waals surface area contributed by atoms with Crippen molar-refractivity contribution in [3.63, 3.8) is 0 Å². The van der Waals surface area contributed by atoms with Gasteiger partial charge in [-0.1, -0.05) is 18.2 Å². The molecule has 50 heavy (non-hydrogen) atoms. The second kappa shape index (κ2) is 15.5. The molecule has 0 saturated carbocycles. The first kappa shape index (κ1) is 38.2. The third kappa shape index (κ3) is 8.94. The minimum atomic E-state index is -2.49. The third-order valence-corrected chi connectivity index (χ3v) is 8.51. The number of esters is 5. The number of fused-ring (bicyclic) bond motifs is 1. The van der Waals surface area contributed by atoms with Crippen molar-refractivity contribution in [2.75, 3.05) is 11.5 Å². The average molecular weight is 720 g/mol. The topological polar surface area (TPSA) is 197 Å². The van der Waals surface area contributed by atoms with Crippen LogP contribution < -0.4 is 4.90 Å². The van der Waals surface area contributed by atoms with E-state index >= 15 is 0 Å². The zero-order chi connectivity index (χ0) is 37.1. The quantitative estimate of drug-likeness (QED) is 0.139. The van der Waals surface area contributed by atoms with Gasteiger partial charge in [0.25, 0.3) is 0 Å². The highest BCUT2D eigenvalue weighted by molar-refractivity contribution is 6.70. The number of para-hydroxylation sites is 1. The standard InChI is InChI=1S/C33H41NO15Si/c1-16(35)42-15-24-28(44-18(3)37)29(45-19(4)38)30(46-20(5)39)33(48-24)47-22-14-23(49-50(6,7)8)27(43-17(2)36)26-25(22)31(40)34(32(26)41)21-12-10-9-11-13-21/h9-14,22,24-30,33H,15H2,1-8H3/t22-,24+,25-,26-,27-,28+,29-,30+,33+/m0/s1. The highest BCUT2D eigenvalue weighted by Crippen LogP contribution is 2.45. The zero-order valence-corrected chi connectivity index (χ0v) is 29.9. The van der Waals surface area contributed by atoms with Crippen LogP contribution in [0.3, 0.4) is 0 Å². The summed E-state index contributed by atoms with van der Waals surface area (Å²) >= 11 is 0. The number of amides is 2. The molecule has 0 radical (unpaired) electrons. The number of ether oxygens (including phenoxy) is 7. The molecule has 1 aromatic rings. The molecular formula is C33H41NO15Si. The van der Waals surface area contributed by atoms with Gasteiger partial charge in [-0.05, 0) is 37.8 Å². The molecule has 1 aromatic carbocycles. The Bertz CT molecular complexity index is 1540. The molecule has 0 bridgehead atoms. The number of benzene rings is 1. The van der Waals surface area contributed by atoms with E-state index in [0.717, 1.165) is 39.5 Å². The highest BCUT2D eigenvalue weighted by atomic mass is 28.4. The Morgan fingerprint density at radius 2 is 1.26 bits per heavy atom. The van der Waals surface area contributed by atoms with Crippen LogP contribution in [0.4, 0.5) is 5.69 Å². The Morgan fingerprint density at radius 1 is 0.720 bits per heavy atom. The van der Waals surface area contributed by atoms with Crippen LogP contribution in [0, 0.1) is 11.8 Å². The number of imide groups is 1. The SMILES string of the molecule is CC(=O)OC[C@H]1O[C@@H](O[C@H]2C=C(O[Si](C)(C)C)[C@H](OC(C)=O)[C@H]3C(=O)N(c4ccccc4)C(=O)[C@H]32)[C@H](OC(C)=O)[C@@H](OC(C)=O)[C@@H]1OC(C)=O. The van der Waals surface area contributed by atoms with Gasteiger partial charge in [0.1, 0.15) is 18.5 Å². The molecule has 2 fully saturated rings. The summed E-state index contributed by atoms with van der Waals surface area (Å²) in [5, 5.41) is 0. The molecule has 0 aromatic heterocycles. The number of carbonyl (C=O) groups excluding carboxylic acids is 7.